The lowest BCUT2D eigenvalue weighted by molar-refractivity contribution is -0.149. The molecule has 1 aliphatic rings. The molecule has 0 amide bonds. The standard InChI is InChI=1S/C9H11NO4/c1-9(8(13)14)5(7(11)12)3-2-4-6(9)10/h2-4,6H,10H2,1H3,(H,11,12)(H,13,14). The lowest BCUT2D eigenvalue weighted by atomic mass is 9.73. The number of hydrogen-bond donors (Lipinski definition) is 3. The zero-order chi connectivity index (χ0) is 10.9. The molecular formula is C9H11NO4. The number of carboxylic acid groups (broad SMARTS) is 2. The molecule has 0 aromatic carbocycles. The Kier molecular flexibility index (Phi) is 2.44. The first-order valence-electron chi connectivity index (χ1n) is 4.02. The lowest BCUT2D eigenvalue weighted by Gasteiger charge is -2.31. The second-order valence-corrected chi connectivity index (χ2v) is 3.30. The van der Waals surface area contributed by atoms with Crippen molar-refractivity contribution in [2.75, 3.05) is 0 Å². The molecule has 0 aromatic heterocycles. The highest BCUT2D eigenvalue weighted by Crippen LogP contribution is 2.34. The maximum absolute atomic E-state index is 11.0. The molecule has 2 atom stereocenters. The molecular weight excluding hydrogens is 186 g/mol. The summed E-state index contributed by atoms with van der Waals surface area (Å²) in [5.41, 5.74) is 3.82. The molecule has 0 fully saturated rings. The molecule has 5 nitrogen and oxygen atoms in total. The van der Waals surface area contributed by atoms with Gasteiger partial charge in [-0.05, 0) is 6.92 Å². The Morgan fingerprint density at radius 3 is 2.43 bits per heavy atom. The molecule has 0 aromatic rings. The molecule has 0 aliphatic heterocycles. The molecule has 0 spiro atoms. The predicted octanol–water partition coefficient (Wildman–Crippen LogP) is -0.0146. The van der Waals surface area contributed by atoms with E-state index in [1.165, 1.54) is 25.2 Å². The Morgan fingerprint density at radius 1 is 1.50 bits per heavy atom. The summed E-state index contributed by atoms with van der Waals surface area (Å²) in [6.07, 6.45) is 4.19. The molecule has 76 valence electrons. The highest BCUT2D eigenvalue weighted by Gasteiger charge is 2.46. The van der Waals surface area contributed by atoms with Crippen molar-refractivity contribution in [1.82, 2.24) is 0 Å². The molecule has 0 bridgehead atoms. The first kappa shape index (κ1) is 10.5. The van der Waals surface area contributed by atoms with Gasteiger partial charge < -0.3 is 15.9 Å². The van der Waals surface area contributed by atoms with E-state index in [0.717, 1.165) is 0 Å². The lowest BCUT2D eigenvalue weighted by Crippen LogP contribution is -2.48. The Morgan fingerprint density at radius 2 is 2.07 bits per heavy atom. The summed E-state index contributed by atoms with van der Waals surface area (Å²) in [6.45, 7) is 1.31. The molecule has 0 saturated heterocycles. The van der Waals surface area contributed by atoms with Crippen LogP contribution in [-0.4, -0.2) is 28.2 Å². The molecule has 1 rings (SSSR count). The number of aliphatic carboxylic acids is 2. The third kappa shape index (κ3) is 1.31. The predicted molar refractivity (Wildman–Crippen MR) is 48.6 cm³/mol. The van der Waals surface area contributed by atoms with Gasteiger partial charge in [-0.1, -0.05) is 18.2 Å². The molecule has 1 aliphatic carbocycles. The largest absolute Gasteiger partial charge is 0.481 e. The minimum absolute atomic E-state index is 0.194. The van der Waals surface area contributed by atoms with Gasteiger partial charge in [-0.25, -0.2) is 4.79 Å². The Labute approximate surface area is 80.5 Å². The summed E-state index contributed by atoms with van der Waals surface area (Å²) in [4.78, 5) is 21.8. The SMILES string of the molecule is CC1(C(=O)O)C(C(=O)O)=CC=CC1N. The van der Waals surface area contributed by atoms with E-state index in [4.69, 9.17) is 15.9 Å². The number of carbonyl (C=O) groups is 2. The fraction of sp³-hybridized carbons (Fsp3) is 0.333. The molecule has 2 unspecified atom stereocenters. The number of hydrogen-bond acceptors (Lipinski definition) is 3. The fourth-order valence-electron chi connectivity index (χ4n) is 1.37. The summed E-state index contributed by atoms with van der Waals surface area (Å²) in [5.74, 6) is -2.49. The van der Waals surface area contributed by atoms with E-state index >= 15 is 0 Å². The first-order chi connectivity index (χ1) is 6.40. The van der Waals surface area contributed by atoms with E-state index in [2.05, 4.69) is 0 Å². The number of rotatable bonds is 2. The summed E-state index contributed by atoms with van der Waals surface area (Å²) < 4.78 is 0. The Bertz CT molecular complexity index is 345. The van der Waals surface area contributed by atoms with Crippen LogP contribution >= 0.6 is 0 Å². The fourth-order valence-corrected chi connectivity index (χ4v) is 1.37. The van der Waals surface area contributed by atoms with E-state index < -0.39 is 23.4 Å². The van der Waals surface area contributed by atoms with Gasteiger partial charge in [-0.2, -0.15) is 0 Å². The Hall–Kier alpha value is -1.62. The van der Waals surface area contributed by atoms with Crippen molar-refractivity contribution >= 4 is 11.9 Å². The maximum atomic E-state index is 11.0. The normalized spacial score (nSPS) is 31.0. The smallest absolute Gasteiger partial charge is 0.332 e. The quantitative estimate of drug-likeness (QED) is 0.577. The minimum atomic E-state index is -1.55. The van der Waals surface area contributed by atoms with Gasteiger partial charge in [0.2, 0.25) is 0 Å². The van der Waals surface area contributed by atoms with Gasteiger partial charge in [-0.15, -0.1) is 0 Å². The zero-order valence-corrected chi connectivity index (χ0v) is 7.60. The third-order valence-electron chi connectivity index (χ3n) is 2.48. The molecule has 14 heavy (non-hydrogen) atoms. The summed E-state index contributed by atoms with van der Waals surface area (Å²) in [7, 11) is 0. The van der Waals surface area contributed by atoms with Crippen molar-refractivity contribution in [3.8, 4) is 0 Å². The van der Waals surface area contributed by atoms with Crippen LogP contribution in [0, 0.1) is 5.41 Å². The van der Waals surface area contributed by atoms with E-state index in [9.17, 15) is 9.59 Å². The van der Waals surface area contributed by atoms with Gasteiger partial charge in [0.05, 0.1) is 5.57 Å². The molecule has 0 radical (unpaired) electrons. The monoisotopic (exact) mass is 197 g/mol. The summed E-state index contributed by atoms with van der Waals surface area (Å²) in [5, 5.41) is 17.8. The van der Waals surface area contributed by atoms with E-state index in [-0.39, 0.29) is 5.57 Å². The van der Waals surface area contributed by atoms with Crippen LogP contribution in [0.4, 0.5) is 0 Å². The van der Waals surface area contributed by atoms with Crippen LogP contribution in [-0.2, 0) is 9.59 Å². The van der Waals surface area contributed by atoms with Gasteiger partial charge in [0.1, 0.15) is 5.41 Å². The van der Waals surface area contributed by atoms with Crippen LogP contribution in [0.5, 0.6) is 0 Å². The van der Waals surface area contributed by atoms with Gasteiger partial charge >= 0.3 is 11.9 Å². The minimum Gasteiger partial charge on any atom is -0.481 e. The first-order valence-corrected chi connectivity index (χ1v) is 4.02. The third-order valence-corrected chi connectivity index (χ3v) is 2.48. The molecule has 0 saturated carbocycles. The van der Waals surface area contributed by atoms with Crippen molar-refractivity contribution < 1.29 is 19.8 Å². The average molecular weight is 197 g/mol. The molecule has 0 heterocycles. The highest BCUT2D eigenvalue weighted by molar-refractivity contribution is 5.97. The van der Waals surface area contributed by atoms with E-state index in [0.29, 0.717) is 0 Å². The second kappa shape index (κ2) is 3.26. The summed E-state index contributed by atoms with van der Waals surface area (Å²) in [6, 6.07) is -0.823. The van der Waals surface area contributed by atoms with Gasteiger partial charge in [-0.3, -0.25) is 4.79 Å². The van der Waals surface area contributed by atoms with Gasteiger partial charge in [0.15, 0.2) is 0 Å². The average Bonchev–Trinajstić information content (AvgIpc) is 2.08. The number of nitrogens with two attached hydrogens (primary N) is 1. The van der Waals surface area contributed by atoms with Crippen molar-refractivity contribution in [2.45, 2.75) is 13.0 Å². The zero-order valence-electron chi connectivity index (χ0n) is 7.60. The van der Waals surface area contributed by atoms with Crippen LogP contribution in [0.15, 0.2) is 23.8 Å². The van der Waals surface area contributed by atoms with Crippen molar-refractivity contribution in [1.29, 1.82) is 0 Å². The number of carboxylic acids is 2. The number of allylic oxidation sites excluding steroid dienone is 2. The van der Waals surface area contributed by atoms with Crippen LogP contribution in [0.3, 0.4) is 0 Å². The summed E-state index contributed by atoms with van der Waals surface area (Å²) >= 11 is 0. The van der Waals surface area contributed by atoms with Gasteiger partial charge in [0.25, 0.3) is 0 Å². The van der Waals surface area contributed by atoms with Crippen LogP contribution < -0.4 is 5.73 Å². The van der Waals surface area contributed by atoms with E-state index in [1.54, 1.807) is 0 Å². The van der Waals surface area contributed by atoms with Gasteiger partial charge in [0, 0.05) is 6.04 Å². The highest BCUT2D eigenvalue weighted by atomic mass is 16.4. The topological polar surface area (TPSA) is 101 Å². The molecule has 5 heteroatoms. The van der Waals surface area contributed by atoms with Crippen molar-refractivity contribution in [3.63, 3.8) is 0 Å². The van der Waals surface area contributed by atoms with Crippen molar-refractivity contribution in [3.05, 3.63) is 23.8 Å². The second-order valence-electron chi connectivity index (χ2n) is 3.30. The van der Waals surface area contributed by atoms with Crippen molar-refractivity contribution in [2.24, 2.45) is 11.1 Å². The van der Waals surface area contributed by atoms with Crippen LogP contribution in [0.25, 0.3) is 0 Å². The Balaban J connectivity index is 3.25. The molecule has 4 N–H and O–H groups in total. The van der Waals surface area contributed by atoms with Crippen LogP contribution in [0.1, 0.15) is 6.92 Å². The van der Waals surface area contributed by atoms with Crippen LogP contribution in [0.2, 0.25) is 0 Å². The van der Waals surface area contributed by atoms with E-state index in [1.807, 2.05) is 0 Å². The maximum Gasteiger partial charge on any atom is 0.332 e.